The Labute approximate surface area is 249 Å². The molecule has 0 saturated heterocycles. The zero-order chi connectivity index (χ0) is 31.0. The number of benzene rings is 2. The van der Waals surface area contributed by atoms with Crippen LogP contribution in [-0.4, -0.2) is 61.7 Å². The highest BCUT2D eigenvalue weighted by molar-refractivity contribution is 6.99. The van der Waals surface area contributed by atoms with Crippen molar-refractivity contribution in [2.24, 2.45) is 0 Å². The molecule has 2 rings (SSSR count). The van der Waals surface area contributed by atoms with Crippen LogP contribution in [0.1, 0.15) is 78.6 Å². The third-order valence-electron chi connectivity index (χ3n) is 6.93. The van der Waals surface area contributed by atoms with Gasteiger partial charge in [-0.2, -0.15) is 0 Å². The Morgan fingerprint density at radius 3 is 1.57 bits per heavy atom. The van der Waals surface area contributed by atoms with Crippen LogP contribution in [0.5, 0.6) is 0 Å². The summed E-state index contributed by atoms with van der Waals surface area (Å²) >= 11 is 0. The van der Waals surface area contributed by atoms with E-state index < -0.39 is 43.3 Å². The van der Waals surface area contributed by atoms with Crippen LogP contribution in [0.4, 0.5) is 0 Å². The molecule has 10 heteroatoms. The molecule has 0 aliphatic heterocycles. The van der Waals surface area contributed by atoms with Crippen molar-refractivity contribution in [3.05, 3.63) is 60.7 Å². The summed E-state index contributed by atoms with van der Waals surface area (Å²) in [6.45, 7) is 6.40. The van der Waals surface area contributed by atoms with Crippen molar-refractivity contribution in [3.8, 4) is 0 Å². The normalized spacial score (nSPS) is 12.4. The molecular weight excluding hydrogens is 556 g/mol. The molecule has 2 aromatic rings. The van der Waals surface area contributed by atoms with Crippen LogP contribution in [0.2, 0.25) is 5.04 Å². The average molecular weight is 601 g/mol. The minimum atomic E-state index is -3.20. The summed E-state index contributed by atoms with van der Waals surface area (Å²) in [7, 11) is -3.20. The van der Waals surface area contributed by atoms with Crippen molar-refractivity contribution in [3.63, 3.8) is 0 Å². The van der Waals surface area contributed by atoms with E-state index in [0.717, 1.165) is 10.4 Å². The highest BCUT2D eigenvalue weighted by Gasteiger charge is 2.52. The maximum Gasteiger partial charge on any atom is 0.334 e. The minimum absolute atomic E-state index is 0.0513. The van der Waals surface area contributed by atoms with Crippen LogP contribution in [0, 0.1) is 0 Å². The van der Waals surface area contributed by atoms with Crippen LogP contribution in [0.3, 0.4) is 0 Å². The molecule has 0 fully saturated rings. The fourth-order valence-electron chi connectivity index (χ4n) is 4.85. The Morgan fingerprint density at radius 2 is 1.14 bits per heavy atom. The van der Waals surface area contributed by atoms with E-state index in [2.05, 4.69) is 20.8 Å². The van der Waals surface area contributed by atoms with Gasteiger partial charge in [-0.25, -0.2) is 4.79 Å². The van der Waals surface area contributed by atoms with Crippen molar-refractivity contribution in [1.82, 2.24) is 0 Å². The first-order valence-electron chi connectivity index (χ1n) is 14.5. The number of unbranched alkanes of at least 4 members (excludes halogenated alkanes) is 4. The van der Waals surface area contributed by atoms with Crippen LogP contribution in [-0.2, 0) is 33.1 Å². The number of carboxylic acid groups (broad SMARTS) is 2. The monoisotopic (exact) mass is 600 g/mol. The molecule has 9 nitrogen and oxygen atoms in total. The molecule has 0 radical (unpaired) electrons. The number of rotatable bonds is 19. The molecule has 2 aromatic carbocycles. The fraction of sp³-hybridized carbons (Fsp3) is 0.500. The summed E-state index contributed by atoms with van der Waals surface area (Å²) in [6.07, 6.45) is 1.72. The number of hydrogen-bond donors (Lipinski definition) is 2. The molecule has 0 aromatic heterocycles. The van der Waals surface area contributed by atoms with E-state index >= 15 is 0 Å². The maximum absolute atomic E-state index is 13.5. The average Bonchev–Trinajstić information content (AvgIpc) is 2.94. The van der Waals surface area contributed by atoms with E-state index in [0.29, 0.717) is 38.5 Å². The van der Waals surface area contributed by atoms with E-state index in [-0.39, 0.29) is 32.5 Å². The van der Waals surface area contributed by atoms with Gasteiger partial charge < -0.3 is 24.1 Å². The van der Waals surface area contributed by atoms with E-state index in [4.69, 9.17) is 24.1 Å². The molecule has 0 saturated carbocycles. The highest BCUT2D eigenvalue weighted by atomic mass is 28.4. The standard InChI is InChI=1S/C32H44O9Si/c1-32(2,3)42(25-16-8-4-9-17-25,26-18-10-5-11-19-26)41-27(31(38)40-23-15-7-13-21-29(35)36)24-30(37)39-22-14-6-12-20-28(33)34/h4-5,8-11,16-19,27H,6-7,12-15,20-24H2,1-3H3,(H,33,34)(H,35,36). The van der Waals surface area contributed by atoms with Gasteiger partial charge in [-0.15, -0.1) is 0 Å². The van der Waals surface area contributed by atoms with E-state index in [1.54, 1.807) is 0 Å². The summed E-state index contributed by atoms with van der Waals surface area (Å²) in [6, 6.07) is 19.5. The van der Waals surface area contributed by atoms with Gasteiger partial charge in [0.15, 0.2) is 6.10 Å². The van der Waals surface area contributed by atoms with Gasteiger partial charge in [0.2, 0.25) is 0 Å². The zero-order valence-corrected chi connectivity index (χ0v) is 25.9. The molecule has 230 valence electrons. The number of carboxylic acids is 2. The van der Waals surface area contributed by atoms with Gasteiger partial charge >= 0.3 is 23.9 Å². The fourth-order valence-corrected chi connectivity index (χ4v) is 9.47. The SMILES string of the molecule is CC(C)(C)[Si](OC(CC(=O)OCCCCCC(=O)O)C(=O)OCCCCCC(=O)O)(c1ccccc1)c1ccccc1. The van der Waals surface area contributed by atoms with Gasteiger partial charge in [0.25, 0.3) is 8.32 Å². The van der Waals surface area contributed by atoms with Crippen molar-refractivity contribution < 1.29 is 43.3 Å². The smallest absolute Gasteiger partial charge is 0.334 e. The van der Waals surface area contributed by atoms with Gasteiger partial charge in [-0.05, 0) is 53.9 Å². The molecular formula is C32H44O9Si. The predicted octanol–water partition coefficient (Wildman–Crippen LogP) is 4.70. The quantitative estimate of drug-likeness (QED) is 0.134. The third kappa shape index (κ3) is 11.1. The van der Waals surface area contributed by atoms with E-state index in [1.165, 1.54) is 0 Å². The Hall–Kier alpha value is -3.50. The van der Waals surface area contributed by atoms with Crippen LogP contribution in [0.15, 0.2) is 60.7 Å². The van der Waals surface area contributed by atoms with Gasteiger partial charge in [-0.1, -0.05) is 81.4 Å². The second-order valence-electron chi connectivity index (χ2n) is 11.3. The molecule has 0 aliphatic carbocycles. The highest BCUT2D eigenvalue weighted by Crippen LogP contribution is 2.38. The van der Waals surface area contributed by atoms with Crippen molar-refractivity contribution >= 4 is 42.6 Å². The molecule has 2 N–H and O–H groups in total. The van der Waals surface area contributed by atoms with Gasteiger partial charge in [0.1, 0.15) is 0 Å². The molecule has 0 amide bonds. The number of aliphatic carboxylic acids is 2. The number of hydrogen-bond acceptors (Lipinski definition) is 7. The largest absolute Gasteiger partial charge is 0.481 e. The Balaban J connectivity index is 2.29. The second kappa shape index (κ2) is 17.5. The Kier molecular flexibility index (Phi) is 14.4. The van der Waals surface area contributed by atoms with Gasteiger partial charge in [0.05, 0.1) is 19.6 Å². The molecule has 0 bridgehead atoms. The number of carbonyl (C=O) groups is 4. The first-order valence-corrected chi connectivity index (χ1v) is 16.4. The lowest BCUT2D eigenvalue weighted by Crippen LogP contribution is -2.68. The maximum atomic E-state index is 13.5. The van der Waals surface area contributed by atoms with Gasteiger partial charge in [0, 0.05) is 12.8 Å². The molecule has 0 spiro atoms. The topological polar surface area (TPSA) is 136 Å². The Morgan fingerprint density at radius 1 is 0.690 bits per heavy atom. The van der Waals surface area contributed by atoms with E-state index in [9.17, 15) is 19.2 Å². The molecule has 1 atom stereocenters. The summed E-state index contributed by atoms with van der Waals surface area (Å²) < 4.78 is 17.9. The summed E-state index contributed by atoms with van der Waals surface area (Å²) in [4.78, 5) is 47.9. The van der Waals surface area contributed by atoms with Crippen LogP contribution < -0.4 is 10.4 Å². The lowest BCUT2D eigenvalue weighted by molar-refractivity contribution is -0.159. The zero-order valence-electron chi connectivity index (χ0n) is 24.9. The molecule has 0 aliphatic rings. The predicted molar refractivity (Wildman–Crippen MR) is 161 cm³/mol. The first-order chi connectivity index (χ1) is 20.0. The number of ether oxygens (including phenoxy) is 2. The minimum Gasteiger partial charge on any atom is -0.481 e. The van der Waals surface area contributed by atoms with Crippen molar-refractivity contribution in [1.29, 1.82) is 0 Å². The van der Waals surface area contributed by atoms with E-state index in [1.807, 2.05) is 60.7 Å². The number of carbonyl (C=O) groups excluding carboxylic acids is 2. The third-order valence-corrected chi connectivity index (χ3v) is 12.0. The first kappa shape index (κ1) is 34.7. The summed E-state index contributed by atoms with van der Waals surface area (Å²) in [5.41, 5.74) is 0. The second-order valence-corrected chi connectivity index (χ2v) is 15.5. The summed E-state index contributed by atoms with van der Waals surface area (Å²) in [5, 5.41) is 19.1. The summed E-state index contributed by atoms with van der Waals surface area (Å²) in [5.74, 6) is -3.00. The molecule has 0 heterocycles. The Bertz CT molecular complexity index is 1090. The lowest BCUT2D eigenvalue weighted by Gasteiger charge is -2.44. The van der Waals surface area contributed by atoms with Crippen molar-refractivity contribution in [2.45, 2.75) is 89.7 Å². The number of esters is 2. The lowest BCUT2D eigenvalue weighted by atomic mass is 10.2. The van der Waals surface area contributed by atoms with Gasteiger partial charge in [-0.3, -0.25) is 14.4 Å². The van der Waals surface area contributed by atoms with Crippen molar-refractivity contribution in [2.75, 3.05) is 13.2 Å². The van der Waals surface area contributed by atoms with Crippen LogP contribution in [0.25, 0.3) is 0 Å². The molecule has 1 unspecified atom stereocenters. The molecule has 42 heavy (non-hydrogen) atoms. The van der Waals surface area contributed by atoms with Crippen LogP contribution >= 0.6 is 0 Å².